The van der Waals surface area contributed by atoms with E-state index in [0.29, 0.717) is 5.75 Å². The van der Waals surface area contributed by atoms with Crippen molar-refractivity contribution in [2.24, 2.45) is 0 Å². The quantitative estimate of drug-likeness (QED) is 0.176. The maximum Gasteiger partial charge on any atom is 0.330 e. The van der Waals surface area contributed by atoms with E-state index in [2.05, 4.69) is 5.09 Å². The van der Waals surface area contributed by atoms with Gasteiger partial charge in [-0.2, -0.15) is 0 Å². The van der Waals surface area contributed by atoms with Gasteiger partial charge in [-0.25, -0.2) is 14.3 Å². The average Bonchev–Trinajstić information content (AvgIpc) is 2.79. The Morgan fingerprint density at radius 1 is 1.25 bits per heavy atom. The maximum atomic E-state index is 13.7. The van der Waals surface area contributed by atoms with Crippen LogP contribution in [0.25, 0.3) is 0 Å². The minimum Gasteiger partial charge on any atom is -0.462 e. The fourth-order valence-corrected chi connectivity index (χ4v) is 5.21. The van der Waals surface area contributed by atoms with Gasteiger partial charge in [0.2, 0.25) is 5.63 Å². The van der Waals surface area contributed by atoms with Gasteiger partial charge in [0.1, 0.15) is 30.7 Å². The van der Waals surface area contributed by atoms with Gasteiger partial charge in [-0.05, 0) is 44.7 Å². The smallest absolute Gasteiger partial charge is 0.330 e. The maximum absolute atomic E-state index is 13.7. The van der Waals surface area contributed by atoms with Crippen LogP contribution >= 0.6 is 18.2 Å². The van der Waals surface area contributed by atoms with Gasteiger partial charge >= 0.3 is 18.3 Å². The summed E-state index contributed by atoms with van der Waals surface area (Å²) in [6.07, 6.45) is -2.51. The van der Waals surface area contributed by atoms with Crippen molar-refractivity contribution >= 4 is 36.0 Å². The molecule has 0 fully saturated rings. The number of benzene rings is 1. The van der Waals surface area contributed by atoms with Gasteiger partial charge in [-0.15, -0.1) is 0 Å². The molecule has 11 nitrogen and oxygen atoms in total. The molecular weight excluding hydrogens is 540 g/mol. The second kappa shape index (κ2) is 14.0. The van der Waals surface area contributed by atoms with Crippen molar-refractivity contribution in [3.63, 3.8) is 0 Å². The molecule has 1 aromatic heterocycles. The van der Waals surface area contributed by atoms with Crippen LogP contribution in [-0.4, -0.2) is 57.2 Å². The average molecular weight is 568 g/mol. The number of aromatic nitrogens is 2. The van der Waals surface area contributed by atoms with E-state index in [0.717, 1.165) is 16.8 Å². The van der Waals surface area contributed by atoms with Crippen LogP contribution in [-0.2, 0) is 37.3 Å². The van der Waals surface area contributed by atoms with Crippen LogP contribution < -0.4 is 20.9 Å². The third kappa shape index (κ3) is 9.74. The molecule has 1 aromatic carbocycles. The monoisotopic (exact) mass is 567 g/mol. The molecule has 0 saturated carbocycles. The summed E-state index contributed by atoms with van der Waals surface area (Å²) in [6.45, 7) is 0.355. The minimum absolute atomic E-state index is 0.330. The number of para-hydroxylation sites is 1. The summed E-state index contributed by atoms with van der Waals surface area (Å²) in [5, 5.41) is 13.0. The number of rotatable bonds is 14. The highest BCUT2D eigenvalue weighted by molar-refractivity contribution is 8.09. The number of esters is 1. The molecule has 36 heavy (non-hydrogen) atoms. The van der Waals surface area contributed by atoms with Crippen LogP contribution in [0, 0.1) is 0 Å². The molecule has 0 aliphatic carbocycles. The van der Waals surface area contributed by atoms with E-state index in [1.54, 1.807) is 44.2 Å². The van der Waals surface area contributed by atoms with Crippen LogP contribution in [0.3, 0.4) is 0 Å². The zero-order valence-corrected chi connectivity index (χ0v) is 22.2. The summed E-state index contributed by atoms with van der Waals surface area (Å²) in [6, 6.07) is 8.53. The number of aliphatic hydroxyl groups is 1. The van der Waals surface area contributed by atoms with E-state index in [1.165, 1.54) is 6.92 Å². The van der Waals surface area contributed by atoms with Crippen molar-refractivity contribution in [1.82, 2.24) is 14.6 Å². The molecule has 1 heterocycles. The van der Waals surface area contributed by atoms with E-state index in [9.17, 15) is 23.9 Å². The van der Waals surface area contributed by atoms with Gasteiger partial charge in [-0.1, -0.05) is 29.8 Å². The van der Waals surface area contributed by atoms with Gasteiger partial charge in [0.05, 0.1) is 12.7 Å². The Labute approximate surface area is 216 Å². The molecule has 0 radical (unpaired) electrons. The van der Waals surface area contributed by atoms with Crippen molar-refractivity contribution in [1.29, 1.82) is 0 Å². The fourth-order valence-electron chi connectivity index (χ4n) is 2.64. The first-order valence-corrected chi connectivity index (χ1v) is 13.8. The summed E-state index contributed by atoms with van der Waals surface area (Å²) in [5.41, 5.74) is -3.64. The molecule has 0 bridgehead atoms. The number of carbonyl (C=O) groups is 1. The number of nitrogens with zero attached hydrogens (tertiary/aromatic N) is 1. The number of alkyl halides is 2. The number of hydrogen-bond donors (Lipinski definition) is 3. The fraction of sp³-hybridized carbons (Fsp3) is 0.476. The summed E-state index contributed by atoms with van der Waals surface area (Å²) in [5.74, 6) is -0.273. The topological polar surface area (TPSA) is 141 Å². The van der Waals surface area contributed by atoms with Crippen LogP contribution in [0.5, 0.6) is 5.75 Å². The zero-order valence-electron chi connectivity index (χ0n) is 19.7. The second-order valence-corrected chi connectivity index (χ2v) is 11.3. The van der Waals surface area contributed by atoms with Gasteiger partial charge in [0, 0.05) is 12.3 Å². The Hall–Kier alpha value is -2.12. The minimum atomic E-state index is -3.52. The molecular formula is C21H28ClFN3O8PS. The van der Waals surface area contributed by atoms with Crippen molar-refractivity contribution in [3.8, 4) is 5.75 Å². The lowest BCUT2D eigenvalue weighted by atomic mass is 10.2. The number of aromatic amines is 1. The lowest BCUT2D eigenvalue weighted by molar-refractivity contribution is -0.149. The number of hydrogen-bond acceptors (Lipinski definition) is 9. The lowest BCUT2D eigenvalue weighted by Gasteiger charge is -2.30. The number of carbonyl (C=O) groups excluding carboxylic acids is 1. The van der Waals surface area contributed by atoms with E-state index < -0.39 is 61.1 Å². The number of nitrogens with one attached hydrogen (secondary N) is 2. The molecule has 5 unspecified atom stereocenters. The van der Waals surface area contributed by atoms with Crippen LogP contribution in [0.15, 0.2) is 52.2 Å². The molecule has 5 atom stereocenters. The Bertz CT molecular complexity index is 1150. The molecule has 3 N–H and O–H groups in total. The molecule has 0 aliphatic rings. The second-order valence-electron chi connectivity index (χ2n) is 7.77. The van der Waals surface area contributed by atoms with Crippen LogP contribution in [0.1, 0.15) is 20.8 Å². The highest BCUT2D eigenvalue weighted by Crippen LogP contribution is 2.45. The van der Waals surface area contributed by atoms with Crippen molar-refractivity contribution in [2.45, 2.75) is 57.5 Å². The number of ether oxygens (including phenoxy) is 2. The van der Waals surface area contributed by atoms with Crippen LogP contribution in [0.2, 0.25) is 0 Å². The Morgan fingerprint density at radius 2 is 1.92 bits per heavy atom. The standard InChI is InChI=1S/C21H28ClFN3O8PS/c1-13(2)33-20(29)14(3)25-35(36,34-15-7-5-4-6-8-15)32-11-16(18(28)19(22)23)31-12-26-10-9-17(27)24-21(26)30/h4-10,13-14,16,18-19,28H,11-12H2,1-3H3,(H,25,36)(H,24,27,30). The van der Waals surface area contributed by atoms with Gasteiger partial charge < -0.3 is 23.6 Å². The predicted molar refractivity (Wildman–Crippen MR) is 134 cm³/mol. The molecule has 15 heteroatoms. The van der Waals surface area contributed by atoms with Crippen molar-refractivity contribution in [2.75, 3.05) is 6.61 Å². The van der Waals surface area contributed by atoms with Crippen molar-refractivity contribution in [3.05, 3.63) is 63.4 Å². The summed E-state index contributed by atoms with van der Waals surface area (Å²) in [7, 11) is 0. The molecule has 0 spiro atoms. The molecule has 2 aromatic rings. The molecule has 0 saturated heterocycles. The summed E-state index contributed by atoms with van der Waals surface area (Å²) < 4.78 is 37.0. The normalized spacial score (nSPS) is 16.5. The highest BCUT2D eigenvalue weighted by atomic mass is 35.5. The SMILES string of the molecule is CC(C)OC(=O)C(C)NP(=S)(OCC(OCn1ccc(=O)[nH]c1=O)C(O)C(F)Cl)Oc1ccccc1. The van der Waals surface area contributed by atoms with Gasteiger partial charge in [0.25, 0.3) is 5.56 Å². The first-order valence-electron chi connectivity index (χ1n) is 10.8. The third-order valence-electron chi connectivity index (χ3n) is 4.40. The van der Waals surface area contributed by atoms with Crippen molar-refractivity contribution < 1.29 is 32.8 Å². The highest BCUT2D eigenvalue weighted by Gasteiger charge is 2.33. The van der Waals surface area contributed by atoms with Gasteiger partial charge in [-0.3, -0.25) is 19.1 Å². The van der Waals surface area contributed by atoms with E-state index in [1.807, 2.05) is 4.98 Å². The third-order valence-corrected chi connectivity index (χ3v) is 7.16. The predicted octanol–water partition coefficient (Wildman–Crippen LogP) is 2.02. The molecule has 2 rings (SSSR count). The molecule has 0 aliphatic heterocycles. The first kappa shape index (κ1) is 30.1. The Kier molecular flexibility index (Phi) is 11.7. The molecule has 200 valence electrons. The summed E-state index contributed by atoms with van der Waals surface area (Å²) >= 11 is 11.0. The number of halogens is 2. The molecule has 0 amide bonds. The first-order chi connectivity index (χ1) is 16.9. The van der Waals surface area contributed by atoms with Gasteiger partial charge in [0.15, 0.2) is 0 Å². The largest absolute Gasteiger partial charge is 0.462 e. The summed E-state index contributed by atoms with van der Waals surface area (Å²) in [4.78, 5) is 37.5. The van der Waals surface area contributed by atoms with E-state index >= 15 is 0 Å². The van der Waals surface area contributed by atoms with Crippen LogP contribution in [0.4, 0.5) is 4.39 Å². The van der Waals surface area contributed by atoms with E-state index in [4.69, 9.17) is 41.9 Å². The lowest BCUT2D eigenvalue weighted by Crippen LogP contribution is -2.41. The van der Waals surface area contributed by atoms with E-state index in [-0.39, 0.29) is 6.10 Å². The zero-order chi connectivity index (χ0) is 26.9. The number of H-pyrrole nitrogens is 1. The Balaban J connectivity index is 2.21. The number of aliphatic hydroxyl groups excluding tert-OH is 1. The Morgan fingerprint density at radius 3 is 2.50 bits per heavy atom.